The average molecular weight is 218 g/mol. The number of nitrogens with one attached hydrogen (secondary N) is 1. The summed E-state index contributed by atoms with van der Waals surface area (Å²) in [5.74, 6) is 0.0276. The third-order valence-electron chi connectivity index (χ3n) is 2.95. The lowest BCUT2D eigenvalue weighted by atomic mass is 10.2. The van der Waals surface area contributed by atoms with Gasteiger partial charge in [-0.2, -0.15) is 0 Å². The number of amides is 1. The smallest absolute Gasteiger partial charge is 0.251 e. The summed E-state index contributed by atoms with van der Waals surface area (Å²) in [5, 5.41) is 2.95. The van der Waals surface area contributed by atoms with Crippen LogP contribution in [0.2, 0.25) is 0 Å². The van der Waals surface area contributed by atoms with Crippen molar-refractivity contribution in [1.82, 2.24) is 10.2 Å². The molecule has 1 N–H and O–H groups in total. The summed E-state index contributed by atoms with van der Waals surface area (Å²) >= 11 is 0. The molecule has 2 rings (SSSR count). The first-order valence-corrected chi connectivity index (χ1v) is 5.92. The van der Waals surface area contributed by atoms with Crippen molar-refractivity contribution in [2.75, 3.05) is 26.2 Å². The molecule has 3 heteroatoms. The van der Waals surface area contributed by atoms with Gasteiger partial charge in [0.1, 0.15) is 0 Å². The van der Waals surface area contributed by atoms with Gasteiger partial charge in [0, 0.05) is 18.7 Å². The molecule has 0 atom stereocenters. The molecule has 0 aromatic heterocycles. The van der Waals surface area contributed by atoms with Crippen LogP contribution in [0.15, 0.2) is 30.3 Å². The van der Waals surface area contributed by atoms with Gasteiger partial charge in [-0.1, -0.05) is 18.2 Å². The topological polar surface area (TPSA) is 32.3 Å². The first kappa shape index (κ1) is 11.1. The number of nitrogens with zero attached hydrogens (tertiary/aromatic N) is 1. The second-order valence-electron chi connectivity index (χ2n) is 4.17. The highest BCUT2D eigenvalue weighted by atomic mass is 16.1. The van der Waals surface area contributed by atoms with Crippen LogP contribution >= 0.6 is 0 Å². The van der Waals surface area contributed by atoms with E-state index in [2.05, 4.69) is 10.2 Å². The molecule has 0 radical (unpaired) electrons. The van der Waals surface area contributed by atoms with Gasteiger partial charge in [-0.25, -0.2) is 0 Å². The quantitative estimate of drug-likeness (QED) is 0.831. The first-order chi connectivity index (χ1) is 7.86. The summed E-state index contributed by atoms with van der Waals surface area (Å²) in [6.07, 6.45) is 2.60. The van der Waals surface area contributed by atoms with E-state index in [0.717, 1.165) is 18.7 Å². The fourth-order valence-corrected chi connectivity index (χ4v) is 2.03. The van der Waals surface area contributed by atoms with Crippen LogP contribution in [0.4, 0.5) is 0 Å². The molecule has 1 aliphatic rings. The van der Waals surface area contributed by atoms with Crippen molar-refractivity contribution in [1.29, 1.82) is 0 Å². The number of hydrogen-bond donors (Lipinski definition) is 1. The Balaban J connectivity index is 1.71. The molecule has 0 spiro atoms. The maximum atomic E-state index is 11.7. The van der Waals surface area contributed by atoms with Gasteiger partial charge in [0.05, 0.1) is 0 Å². The second kappa shape index (κ2) is 5.66. The van der Waals surface area contributed by atoms with E-state index >= 15 is 0 Å². The van der Waals surface area contributed by atoms with E-state index in [1.54, 1.807) is 0 Å². The Morgan fingerprint density at radius 1 is 1.19 bits per heavy atom. The standard InChI is InChI=1S/C13H18N2O/c16-13(12-6-2-1-3-7-12)14-8-11-15-9-4-5-10-15/h1-3,6-7H,4-5,8-11H2,(H,14,16). The van der Waals surface area contributed by atoms with Crippen LogP contribution < -0.4 is 5.32 Å². The number of rotatable bonds is 4. The summed E-state index contributed by atoms with van der Waals surface area (Å²) in [4.78, 5) is 14.1. The molecule has 0 saturated carbocycles. The van der Waals surface area contributed by atoms with E-state index in [9.17, 15) is 4.79 Å². The molecule has 1 aromatic carbocycles. The SMILES string of the molecule is O=C(NCCN1CCCC1)c1ccccc1. The summed E-state index contributed by atoms with van der Waals surface area (Å²) in [6, 6.07) is 9.36. The lowest BCUT2D eigenvalue weighted by Crippen LogP contribution is -2.33. The minimum absolute atomic E-state index is 0.0276. The zero-order valence-electron chi connectivity index (χ0n) is 9.48. The minimum Gasteiger partial charge on any atom is -0.351 e. The fourth-order valence-electron chi connectivity index (χ4n) is 2.03. The number of carbonyl (C=O) groups excluding carboxylic acids is 1. The van der Waals surface area contributed by atoms with E-state index in [-0.39, 0.29) is 5.91 Å². The zero-order chi connectivity index (χ0) is 11.2. The highest BCUT2D eigenvalue weighted by Gasteiger charge is 2.11. The van der Waals surface area contributed by atoms with E-state index in [1.165, 1.54) is 25.9 Å². The van der Waals surface area contributed by atoms with Crippen molar-refractivity contribution in [2.24, 2.45) is 0 Å². The predicted molar refractivity (Wildman–Crippen MR) is 64.4 cm³/mol. The van der Waals surface area contributed by atoms with Crippen LogP contribution in [0.1, 0.15) is 23.2 Å². The molecule has 1 amide bonds. The third-order valence-corrected chi connectivity index (χ3v) is 2.95. The molecule has 3 nitrogen and oxygen atoms in total. The molecular weight excluding hydrogens is 200 g/mol. The minimum atomic E-state index is 0.0276. The van der Waals surface area contributed by atoms with Gasteiger partial charge in [-0.3, -0.25) is 4.79 Å². The van der Waals surface area contributed by atoms with Crippen LogP contribution in [0, 0.1) is 0 Å². The van der Waals surface area contributed by atoms with Crippen molar-refractivity contribution in [3.63, 3.8) is 0 Å². The van der Waals surface area contributed by atoms with Crippen molar-refractivity contribution in [3.05, 3.63) is 35.9 Å². The molecule has 1 aliphatic heterocycles. The third kappa shape index (κ3) is 3.07. The van der Waals surface area contributed by atoms with Gasteiger partial charge < -0.3 is 10.2 Å². The molecular formula is C13H18N2O. The number of likely N-dealkylation sites (tertiary alicyclic amines) is 1. The van der Waals surface area contributed by atoms with Gasteiger partial charge in [0.25, 0.3) is 5.91 Å². The van der Waals surface area contributed by atoms with Gasteiger partial charge in [0.2, 0.25) is 0 Å². The highest BCUT2D eigenvalue weighted by molar-refractivity contribution is 5.94. The van der Waals surface area contributed by atoms with Crippen LogP contribution in [0.3, 0.4) is 0 Å². The molecule has 1 fully saturated rings. The summed E-state index contributed by atoms with van der Waals surface area (Å²) < 4.78 is 0. The van der Waals surface area contributed by atoms with Gasteiger partial charge in [0.15, 0.2) is 0 Å². The maximum absolute atomic E-state index is 11.7. The lowest BCUT2D eigenvalue weighted by Gasteiger charge is -2.14. The van der Waals surface area contributed by atoms with Crippen molar-refractivity contribution in [2.45, 2.75) is 12.8 Å². The maximum Gasteiger partial charge on any atom is 0.251 e. The largest absolute Gasteiger partial charge is 0.351 e. The Kier molecular flexibility index (Phi) is 3.94. The first-order valence-electron chi connectivity index (χ1n) is 5.92. The summed E-state index contributed by atoms with van der Waals surface area (Å²) in [7, 11) is 0. The number of carbonyl (C=O) groups is 1. The van der Waals surface area contributed by atoms with Crippen molar-refractivity contribution >= 4 is 5.91 Å². The molecule has 1 aromatic rings. The van der Waals surface area contributed by atoms with E-state index in [4.69, 9.17) is 0 Å². The molecule has 16 heavy (non-hydrogen) atoms. The molecule has 0 aliphatic carbocycles. The Morgan fingerprint density at radius 3 is 2.56 bits per heavy atom. The van der Waals surface area contributed by atoms with Gasteiger partial charge >= 0.3 is 0 Å². The number of hydrogen-bond acceptors (Lipinski definition) is 2. The normalized spacial score (nSPS) is 16.2. The van der Waals surface area contributed by atoms with Gasteiger partial charge in [-0.15, -0.1) is 0 Å². The Labute approximate surface area is 96.5 Å². The van der Waals surface area contributed by atoms with E-state index < -0.39 is 0 Å². The van der Waals surface area contributed by atoms with Crippen molar-refractivity contribution < 1.29 is 4.79 Å². The molecule has 86 valence electrons. The van der Waals surface area contributed by atoms with Gasteiger partial charge in [-0.05, 0) is 38.1 Å². The molecule has 1 heterocycles. The molecule has 1 saturated heterocycles. The average Bonchev–Trinajstić information content (AvgIpc) is 2.83. The second-order valence-corrected chi connectivity index (χ2v) is 4.17. The molecule has 0 bridgehead atoms. The highest BCUT2D eigenvalue weighted by Crippen LogP contribution is 2.05. The predicted octanol–water partition coefficient (Wildman–Crippen LogP) is 1.51. The van der Waals surface area contributed by atoms with Crippen LogP contribution in [0.25, 0.3) is 0 Å². The van der Waals surface area contributed by atoms with E-state index in [0.29, 0.717) is 0 Å². The Bertz CT molecular complexity index is 331. The zero-order valence-corrected chi connectivity index (χ0v) is 9.48. The Hall–Kier alpha value is -1.35. The lowest BCUT2D eigenvalue weighted by molar-refractivity contribution is 0.0950. The Morgan fingerprint density at radius 2 is 1.88 bits per heavy atom. The van der Waals surface area contributed by atoms with E-state index in [1.807, 2.05) is 30.3 Å². The summed E-state index contributed by atoms with van der Waals surface area (Å²) in [5.41, 5.74) is 0.740. The van der Waals surface area contributed by atoms with Crippen LogP contribution in [-0.2, 0) is 0 Å². The summed E-state index contributed by atoms with van der Waals surface area (Å²) in [6.45, 7) is 4.08. The van der Waals surface area contributed by atoms with Crippen molar-refractivity contribution in [3.8, 4) is 0 Å². The van der Waals surface area contributed by atoms with Crippen LogP contribution in [-0.4, -0.2) is 37.0 Å². The monoisotopic (exact) mass is 218 g/mol. The molecule has 0 unspecified atom stereocenters. The fraction of sp³-hybridized carbons (Fsp3) is 0.462. The van der Waals surface area contributed by atoms with Crippen LogP contribution in [0.5, 0.6) is 0 Å². The number of benzene rings is 1.